The summed E-state index contributed by atoms with van der Waals surface area (Å²) in [5.41, 5.74) is 0. The van der Waals surface area contributed by atoms with Crippen LogP contribution in [0.2, 0.25) is 0 Å². The monoisotopic (exact) mass is 198 g/mol. The lowest BCUT2D eigenvalue weighted by molar-refractivity contribution is 0.0797. The summed E-state index contributed by atoms with van der Waals surface area (Å²) in [7, 11) is 0. The zero-order valence-corrected chi connectivity index (χ0v) is 9.33. The van der Waals surface area contributed by atoms with E-state index in [-0.39, 0.29) is 0 Å². The number of ether oxygens (including phenoxy) is 1. The van der Waals surface area contributed by atoms with Crippen molar-refractivity contribution in [1.82, 2.24) is 10.2 Å². The van der Waals surface area contributed by atoms with E-state index in [0.29, 0.717) is 12.3 Å². The van der Waals surface area contributed by atoms with Crippen LogP contribution in [-0.4, -0.2) is 43.4 Å². The molecule has 2 saturated heterocycles. The molecule has 0 aromatic rings. The Balaban J connectivity index is 1.72. The van der Waals surface area contributed by atoms with E-state index in [0.717, 1.165) is 19.1 Å². The molecule has 0 aromatic carbocycles. The molecule has 3 heteroatoms. The van der Waals surface area contributed by atoms with Gasteiger partial charge in [0.2, 0.25) is 0 Å². The SMILES string of the molecule is CC(C)N1CCC(CC2NCCO2)C1. The molecule has 0 spiro atoms. The molecule has 3 nitrogen and oxygen atoms in total. The van der Waals surface area contributed by atoms with Gasteiger partial charge in [-0.3, -0.25) is 5.32 Å². The van der Waals surface area contributed by atoms with Crippen LogP contribution >= 0.6 is 0 Å². The van der Waals surface area contributed by atoms with Crippen LogP contribution in [0, 0.1) is 5.92 Å². The fourth-order valence-corrected chi connectivity index (χ4v) is 2.46. The number of nitrogens with zero attached hydrogens (tertiary/aromatic N) is 1. The third kappa shape index (κ3) is 2.47. The van der Waals surface area contributed by atoms with Gasteiger partial charge in [-0.1, -0.05) is 0 Å². The highest BCUT2D eigenvalue weighted by atomic mass is 16.5. The lowest BCUT2D eigenvalue weighted by Gasteiger charge is -2.21. The Morgan fingerprint density at radius 2 is 2.36 bits per heavy atom. The van der Waals surface area contributed by atoms with Crippen LogP contribution < -0.4 is 5.32 Å². The summed E-state index contributed by atoms with van der Waals surface area (Å²) >= 11 is 0. The van der Waals surface area contributed by atoms with Crippen LogP contribution in [0.25, 0.3) is 0 Å². The molecular weight excluding hydrogens is 176 g/mol. The molecule has 0 bridgehead atoms. The average molecular weight is 198 g/mol. The number of hydrogen-bond acceptors (Lipinski definition) is 3. The van der Waals surface area contributed by atoms with E-state index in [1.807, 2.05) is 0 Å². The lowest BCUT2D eigenvalue weighted by Crippen LogP contribution is -2.30. The third-order valence-electron chi connectivity index (χ3n) is 3.39. The second kappa shape index (κ2) is 4.60. The highest BCUT2D eigenvalue weighted by molar-refractivity contribution is 4.80. The zero-order valence-electron chi connectivity index (χ0n) is 9.33. The Labute approximate surface area is 86.8 Å². The molecular formula is C11H22N2O. The smallest absolute Gasteiger partial charge is 0.108 e. The molecule has 2 aliphatic rings. The summed E-state index contributed by atoms with van der Waals surface area (Å²) in [6, 6.07) is 0.706. The van der Waals surface area contributed by atoms with Crippen molar-refractivity contribution in [3.05, 3.63) is 0 Å². The van der Waals surface area contributed by atoms with Gasteiger partial charge in [-0.25, -0.2) is 0 Å². The number of hydrogen-bond donors (Lipinski definition) is 1. The third-order valence-corrected chi connectivity index (χ3v) is 3.39. The molecule has 2 unspecified atom stereocenters. The predicted molar refractivity (Wildman–Crippen MR) is 57.2 cm³/mol. The molecule has 14 heavy (non-hydrogen) atoms. The Hall–Kier alpha value is -0.120. The fraction of sp³-hybridized carbons (Fsp3) is 1.00. The summed E-state index contributed by atoms with van der Waals surface area (Å²) < 4.78 is 5.58. The topological polar surface area (TPSA) is 24.5 Å². The number of nitrogens with one attached hydrogen (secondary N) is 1. The van der Waals surface area contributed by atoms with Gasteiger partial charge in [0.25, 0.3) is 0 Å². The first-order chi connectivity index (χ1) is 6.75. The maximum atomic E-state index is 5.58. The Morgan fingerprint density at radius 3 is 2.93 bits per heavy atom. The largest absolute Gasteiger partial charge is 0.362 e. The van der Waals surface area contributed by atoms with Crippen molar-refractivity contribution in [2.45, 2.75) is 39.0 Å². The van der Waals surface area contributed by atoms with Gasteiger partial charge >= 0.3 is 0 Å². The van der Waals surface area contributed by atoms with Crippen molar-refractivity contribution in [1.29, 1.82) is 0 Å². The van der Waals surface area contributed by atoms with Gasteiger partial charge < -0.3 is 9.64 Å². The fourth-order valence-electron chi connectivity index (χ4n) is 2.46. The summed E-state index contributed by atoms with van der Waals surface area (Å²) in [6.07, 6.45) is 2.88. The van der Waals surface area contributed by atoms with Gasteiger partial charge in [0.15, 0.2) is 0 Å². The molecule has 0 saturated carbocycles. The Kier molecular flexibility index (Phi) is 3.42. The quantitative estimate of drug-likeness (QED) is 0.733. The molecule has 0 amide bonds. The molecule has 0 aromatic heterocycles. The van der Waals surface area contributed by atoms with Crippen molar-refractivity contribution in [2.24, 2.45) is 5.92 Å². The molecule has 1 N–H and O–H groups in total. The van der Waals surface area contributed by atoms with E-state index in [2.05, 4.69) is 24.1 Å². The van der Waals surface area contributed by atoms with E-state index in [1.165, 1.54) is 25.9 Å². The normalized spacial score (nSPS) is 34.5. The van der Waals surface area contributed by atoms with Crippen molar-refractivity contribution >= 4 is 0 Å². The maximum Gasteiger partial charge on any atom is 0.108 e. The van der Waals surface area contributed by atoms with Crippen LogP contribution in [0.15, 0.2) is 0 Å². The number of rotatable bonds is 3. The summed E-state index contributed by atoms with van der Waals surface area (Å²) in [6.45, 7) is 9.03. The molecule has 0 aliphatic carbocycles. The minimum Gasteiger partial charge on any atom is -0.362 e. The van der Waals surface area contributed by atoms with Crippen LogP contribution in [-0.2, 0) is 4.74 Å². The van der Waals surface area contributed by atoms with Gasteiger partial charge in [0, 0.05) is 19.1 Å². The van der Waals surface area contributed by atoms with E-state index in [9.17, 15) is 0 Å². The first-order valence-electron chi connectivity index (χ1n) is 5.84. The highest BCUT2D eigenvalue weighted by Crippen LogP contribution is 2.23. The molecule has 2 atom stereocenters. The van der Waals surface area contributed by atoms with Gasteiger partial charge in [0.05, 0.1) is 6.61 Å². The molecule has 0 radical (unpaired) electrons. The first kappa shape index (κ1) is 10.4. The Bertz CT molecular complexity index is 178. The van der Waals surface area contributed by atoms with Gasteiger partial charge in [0.1, 0.15) is 6.23 Å². The predicted octanol–water partition coefficient (Wildman–Crippen LogP) is 1.05. The van der Waals surface area contributed by atoms with E-state index in [4.69, 9.17) is 4.74 Å². The molecule has 82 valence electrons. The Morgan fingerprint density at radius 1 is 1.50 bits per heavy atom. The van der Waals surface area contributed by atoms with Crippen LogP contribution in [0.3, 0.4) is 0 Å². The standard InChI is InChI=1S/C11H22N2O/c1-9(2)13-5-3-10(8-13)7-11-12-4-6-14-11/h9-12H,3-8H2,1-2H3. The molecule has 2 fully saturated rings. The van der Waals surface area contributed by atoms with Gasteiger partial charge in [-0.15, -0.1) is 0 Å². The van der Waals surface area contributed by atoms with Crippen LogP contribution in [0.4, 0.5) is 0 Å². The molecule has 2 aliphatic heterocycles. The summed E-state index contributed by atoms with van der Waals surface area (Å²) in [4.78, 5) is 2.57. The minimum atomic E-state index is 0.340. The van der Waals surface area contributed by atoms with Crippen molar-refractivity contribution in [3.63, 3.8) is 0 Å². The minimum absolute atomic E-state index is 0.340. The van der Waals surface area contributed by atoms with E-state index in [1.54, 1.807) is 0 Å². The van der Waals surface area contributed by atoms with E-state index >= 15 is 0 Å². The molecule has 2 heterocycles. The summed E-state index contributed by atoms with van der Waals surface area (Å²) in [5, 5.41) is 3.39. The van der Waals surface area contributed by atoms with Crippen molar-refractivity contribution < 1.29 is 4.74 Å². The molecule has 2 rings (SSSR count). The van der Waals surface area contributed by atoms with E-state index < -0.39 is 0 Å². The second-order valence-electron chi connectivity index (χ2n) is 4.79. The maximum absolute atomic E-state index is 5.58. The summed E-state index contributed by atoms with van der Waals surface area (Å²) in [5.74, 6) is 0.841. The van der Waals surface area contributed by atoms with Crippen molar-refractivity contribution in [2.75, 3.05) is 26.2 Å². The second-order valence-corrected chi connectivity index (χ2v) is 4.79. The highest BCUT2D eigenvalue weighted by Gasteiger charge is 2.27. The zero-order chi connectivity index (χ0) is 9.97. The lowest BCUT2D eigenvalue weighted by atomic mass is 10.0. The van der Waals surface area contributed by atoms with Gasteiger partial charge in [-0.2, -0.15) is 0 Å². The first-order valence-corrected chi connectivity index (χ1v) is 5.84. The number of likely N-dealkylation sites (tertiary alicyclic amines) is 1. The van der Waals surface area contributed by atoms with Crippen LogP contribution in [0.5, 0.6) is 0 Å². The van der Waals surface area contributed by atoms with Crippen molar-refractivity contribution in [3.8, 4) is 0 Å². The van der Waals surface area contributed by atoms with Gasteiger partial charge in [-0.05, 0) is 39.2 Å². The van der Waals surface area contributed by atoms with Crippen LogP contribution in [0.1, 0.15) is 26.7 Å². The average Bonchev–Trinajstić information content (AvgIpc) is 2.75.